The van der Waals surface area contributed by atoms with Crippen molar-refractivity contribution in [2.24, 2.45) is 0 Å². The van der Waals surface area contributed by atoms with Crippen molar-refractivity contribution in [1.82, 2.24) is 9.78 Å². The van der Waals surface area contributed by atoms with Crippen molar-refractivity contribution in [3.8, 4) is 11.6 Å². The van der Waals surface area contributed by atoms with Gasteiger partial charge in [0, 0.05) is 28.7 Å². The third-order valence-electron chi connectivity index (χ3n) is 3.87. The predicted octanol–water partition coefficient (Wildman–Crippen LogP) is 4.72. The van der Waals surface area contributed by atoms with Crippen LogP contribution in [0, 0.1) is 40.7 Å². The number of aromatic hydroxyl groups is 1. The van der Waals surface area contributed by atoms with Crippen molar-refractivity contribution < 1.29 is 66.5 Å². The summed E-state index contributed by atoms with van der Waals surface area (Å²) in [5.41, 5.74) is -5.97. The number of nitrogens with zero attached hydrogens (tertiary/aromatic N) is 2. The third kappa shape index (κ3) is 4.00. The molecule has 1 radical (unpaired) electrons. The van der Waals surface area contributed by atoms with Gasteiger partial charge in [-0.15, -0.1) is 0 Å². The van der Waals surface area contributed by atoms with Gasteiger partial charge in [-0.05, 0) is 12.1 Å². The average Bonchev–Trinajstić information content (AvgIpc) is 3.01. The van der Waals surface area contributed by atoms with Crippen LogP contribution in [0.25, 0.3) is 5.69 Å². The fourth-order valence-electron chi connectivity index (χ4n) is 2.53. The number of rotatable bonds is 4. The normalized spacial score (nSPS) is 11.0. The first-order chi connectivity index (χ1) is 14.0. The van der Waals surface area contributed by atoms with E-state index in [0.29, 0.717) is 0 Å². The second kappa shape index (κ2) is 8.63. The fraction of sp³-hybridized carbons (Fsp3) is 0.0588. The Labute approximate surface area is 176 Å². The maximum absolute atomic E-state index is 14.0. The summed E-state index contributed by atoms with van der Waals surface area (Å²) in [5, 5.41) is 13.0. The zero-order valence-corrected chi connectivity index (χ0v) is 15.5. The molecule has 1 N–H and O–H groups in total. The molecule has 31 heavy (non-hydrogen) atoms. The largest absolute Gasteiger partial charge is 0.493 e. The number of hydrogen-bond donors (Lipinski definition) is 1. The SMILES string of the molecule is O=C(c1cc(F)c(F)c(F)c1)c1c(C(F)F)nn(-c2c(F)c(F)cc(F)c2F)c1O.[Mn]. The number of halogens is 9. The number of hydrogen-bond acceptors (Lipinski definition) is 3. The zero-order valence-electron chi connectivity index (χ0n) is 14.3. The summed E-state index contributed by atoms with van der Waals surface area (Å²) in [7, 11) is 0. The van der Waals surface area contributed by atoms with E-state index in [1.807, 2.05) is 0 Å². The van der Waals surface area contributed by atoms with Crippen LogP contribution in [-0.2, 0) is 17.1 Å². The van der Waals surface area contributed by atoms with Gasteiger partial charge < -0.3 is 5.11 Å². The van der Waals surface area contributed by atoms with Gasteiger partial charge in [-0.3, -0.25) is 4.79 Å². The minimum atomic E-state index is -3.70. The molecule has 4 nitrogen and oxygen atoms in total. The maximum Gasteiger partial charge on any atom is 0.283 e. The molecule has 3 rings (SSSR count). The molecule has 0 aliphatic carbocycles. The van der Waals surface area contributed by atoms with E-state index in [-0.39, 0.29) is 35.3 Å². The smallest absolute Gasteiger partial charge is 0.283 e. The third-order valence-corrected chi connectivity index (χ3v) is 3.87. The van der Waals surface area contributed by atoms with Crippen LogP contribution in [-0.4, -0.2) is 20.7 Å². The van der Waals surface area contributed by atoms with E-state index in [1.54, 1.807) is 0 Å². The van der Waals surface area contributed by atoms with Gasteiger partial charge in [0.05, 0.1) is 0 Å². The van der Waals surface area contributed by atoms with Crippen LogP contribution in [0.1, 0.15) is 28.0 Å². The number of benzene rings is 2. The molecule has 0 bridgehead atoms. The quantitative estimate of drug-likeness (QED) is 0.188. The Morgan fingerprint density at radius 2 is 1.29 bits per heavy atom. The molecule has 0 unspecified atom stereocenters. The summed E-state index contributed by atoms with van der Waals surface area (Å²) in [4.78, 5) is 12.4. The second-order valence-electron chi connectivity index (χ2n) is 5.70. The number of ketones is 1. The number of carbonyl (C=O) groups excluding carboxylic acids is 1. The van der Waals surface area contributed by atoms with Crippen LogP contribution < -0.4 is 0 Å². The van der Waals surface area contributed by atoms with Crippen molar-refractivity contribution >= 4 is 5.78 Å². The second-order valence-corrected chi connectivity index (χ2v) is 5.70. The molecule has 14 heteroatoms. The van der Waals surface area contributed by atoms with Crippen LogP contribution in [0.15, 0.2) is 18.2 Å². The Morgan fingerprint density at radius 1 is 0.839 bits per heavy atom. The number of carbonyl (C=O) groups is 1. The molecule has 0 aliphatic rings. The van der Waals surface area contributed by atoms with Gasteiger partial charge in [0.2, 0.25) is 11.7 Å². The standard InChI is InChI=1S/C17H5F9N2O2.Mn/c18-5-1-4(2-6(19)10(5)22)15(29)9-13(16(25)26)27-28(17(9)30)14-11(23)7(20)3-8(21)12(14)24;/h1-3,16,30H;. The molecule has 0 atom stereocenters. The Hall–Kier alpha value is -2.99. The molecule has 3 aromatic rings. The number of alkyl halides is 2. The van der Waals surface area contributed by atoms with E-state index >= 15 is 0 Å². The van der Waals surface area contributed by atoms with Gasteiger partial charge >= 0.3 is 0 Å². The Balaban J connectivity index is 0.00000341. The van der Waals surface area contributed by atoms with Crippen molar-refractivity contribution in [3.63, 3.8) is 0 Å². The van der Waals surface area contributed by atoms with Crippen molar-refractivity contribution in [3.05, 3.63) is 75.7 Å². The van der Waals surface area contributed by atoms with E-state index in [0.717, 1.165) is 0 Å². The van der Waals surface area contributed by atoms with E-state index in [9.17, 15) is 49.4 Å². The minimum Gasteiger partial charge on any atom is -0.493 e. The van der Waals surface area contributed by atoms with E-state index < -0.39 is 86.0 Å². The molecule has 165 valence electrons. The molecular formula is C17H5F9MnN2O2. The molecule has 2 aromatic carbocycles. The van der Waals surface area contributed by atoms with Gasteiger partial charge in [0.25, 0.3) is 6.43 Å². The van der Waals surface area contributed by atoms with Crippen molar-refractivity contribution in [2.45, 2.75) is 6.43 Å². The van der Waals surface area contributed by atoms with Gasteiger partial charge in [-0.2, -0.15) is 9.78 Å². The van der Waals surface area contributed by atoms with Crippen LogP contribution in [0.4, 0.5) is 39.5 Å². The van der Waals surface area contributed by atoms with Gasteiger partial charge in [-0.25, -0.2) is 39.5 Å². The van der Waals surface area contributed by atoms with Crippen molar-refractivity contribution in [1.29, 1.82) is 0 Å². The van der Waals surface area contributed by atoms with Crippen LogP contribution in [0.5, 0.6) is 5.88 Å². The van der Waals surface area contributed by atoms with E-state index in [2.05, 4.69) is 5.10 Å². The van der Waals surface area contributed by atoms with Gasteiger partial charge in [0.15, 0.2) is 40.7 Å². The first kappa shape index (κ1) is 24.3. The zero-order chi connectivity index (χ0) is 22.5. The molecule has 1 aromatic heterocycles. The maximum atomic E-state index is 14.0. The summed E-state index contributed by atoms with van der Waals surface area (Å²) in [5.74, 6) is -17.5. The van der Waals surface area contributed by atoms with Crippen molar-refractivity contribution in [2.75, 3.05) is 0 Å². The monoisotopic (exact) mass is 495 g/mol. The van der Waals surface area contributed by atoms with Crippen LogP contribution >= 0.6 is 0 Å². The summed E-state index contributed by atoms with van der Waals surface area (Å²) in [6, 6.07) is 0.00443. The Kier molecular flexibility index (Phi) is 6.76. The fourth-order valence-corrected chi connectivity index (χ4v) is 2.53. The average molecular weight is 495 g/mol. The Bertz CT molecular complexity index is 1150. The molecule has 0 spiro atoms. The first-order valence-electron chi connectivity index (χ1n) is 7.58. The minimum absolute atomic E-state index is 0. The summed E-state index contributed by atoms with van der Waals surface area (Å²) in [6.07, 6.45) is -3.70. The Morgan fingerprint density at radius 3 is 1.74 bits per heavy atom. The molecular weight excluding hydrogens is 490 g/mol. The number of aromatic nitrogens is 2. The molecule has 0 fully saturated rings. The molecule has 0 aliphatic heterocycles. The molecule has 1 heterocycles. The molecule has 0 saturated heterocycles. The topological polar surface area (TPSA) is 55.1 Å². The summed E-state index contributed by atoms with van der Waals surface area (Å²) < 4.78 is 121. The van der Waals surface area contributed by atoms with Gasteiger partial charge in [0.1, 0.15) is 16.9 Å². The van der Waals surface area contributed by atoms with E-state index in [1.165, 1.54) is 0 Å². The van der Waals surface area contributed by atoms with Gasteiger partial charge in [-0.1, -0.05) is 0 Å². The van der Waals surface area contributed by atoms with Crippen LogP contribution in [0.3, 0.4) is 0 Å². The van der Waals surface area contributed by atoms with E-state index in [4.69, 9.17) is 0 Å². The molecule has 0 amide bonds. The van der Waals surface area contributed by atoms with Crippen LogP contribution in [0.2, 0.25) is 0 Å². The summed E-state index contributed by atoms with van der Waals surface area (Å²) >= 11 is 0. The predicted molar refractivity (Wildman–Crippen MR) is 79.8 cm³/mol. The summed E-state index contributed by atoms with van der Waals surface area (Å²) in [6.45, 7) is 0. The first-order valence-corrected chi connectivity index (χ1v) is 7.58. The molecule has 0 saturated carbocycles.